The predicted octanol–water partition coefficient (Wildman–Crippen LogP) is 3.52. The quantitative estimate of drug-likeness (QED) is 0.744. The van der Waals surface area contributed by atoms with Gasteiger partial charge in [-0.3, -0.25) is 0 Å². The minimum atomic E-state index is 0.120. The van der Waals surface area contributed by atoms with Crippen molar-refractivity contribution in [2.45, 2.75) is 38.6 Å². The first-order valence-electron chi connectivity index (χ1n) is 5.85. The first-order chi connectivity index (χ1) is 7.48. The lowest BCUT2D eigenvalue weighted by molar-refractivity contribution is 0.356. The molecule has 0 aliphatic heterocycles. The molecular formula is C15H23N. The molecule has 0 aliphatic rings. The molecule has 0 spiro atoms. The van der Waals surface area contributed by atoms with Crippen molar-refractivity contribution in [3.05, 3.63) is 48.0 Å². The summed E-state index contributed by atoms with van der Waals surface area (Å²) in [6.45, 7) is 10.7. The van der Waals surface area contributed by atoms with Crippen LogP contribution in [-0.2, 0) is 5.41 Å². The van der Waals surface area contributed by atoms with Gasteiger partial charge in [0.25, 0.3) is 0 Å². The van der Waals surface area contributed by atoms with Gasteiger partial charge in [-0.1, -0.05) is 49.8 Å². The molecule has 0 fully saturated rings. The molecule has 16 heavy (non-hydrogen) atoms. The van der Waals surface area contributed by atoms with E-state index in [1.807, 2.05) is 7.05 Å². The van der Waals surface area contributed by atoms with E-state index in [4.69, 9.17) is 0 Å². The molecule has 1 heteroatoms. The first kappa shape index (κ1) is 13.0. The van der Waals surface area contributed by atoms with Crippen LogP contribution in [0.5, 0.6) is 0 Å². The molecule has 0 saturated carbocycles. The minimum Gasteiger partial charge on any atom is -0.316 e. The highest BCUT2D eigenvalue weighted by atomic mass is 14.9. The zero-order valence-electron chi connectivity index (χ0n) is 10.9. The third-order valence-electron chi connectivity index (χ3n) is 3.29. The van der Waals surface area contributed by atoms with Crippen molar-refractivity contribution in [1.82, 2.24) is 5.32 Å². The fraction of sp³-hybridized carbons (Fsp3) is 0.467. The molecule has 88 valence electrons. The number of benzene rings is 1. The first-order valence-corrected chi connectivity index (χ1v) is 5.85. The van der Waals surface area contributed by atoms with Crippen molar-refractivity contribution in [1.29, 1.82) is 0 Å². The Balaban J connectivity index is 2.94. The fourth-order valence-electron chi connectivity index (χ4n) is 2.14. The van der Waals surface area contributed by atoms with Crippen LogP contribution in [-0.4, -0.2) is 13.1 Å². The highest BCUT2D eigenvalue weighted by Crippen LogP contribution is 2.29. The van der Waals surface area contributed by atoms with Gasteiger partial charge in [0.1, 0.15) is 0 Å². The Kier molecular flexibility index (Phi) is 4.31. The Labute approximate surface area is 99.6 Å². The molecule has 0 aromatic heterocycles. The van der Waals surface area contributed by atoms with Crippen molar-refractivity contribution in [3.63, 3.8) is 0 Å². The molecule has 0 saturated heterocycles. The van der Waals surface area contributed by atoms with Crippen LogP contribution in [0.15, 0.2) is 42.5 Å². The number of likely N-dealkylation sites (N-methyl/N-ethyl adjacent to an activating group) is 1. The van der Waals surface area contributed by atoms with Crippen molar-refractivity contribution in [2.24, 2.45) is 0 Å². The number of hydrogen-bond acceptors (Lipinski definition) is 1. The van der Waals surface area contributed by atoms with Gasteiger partial charge in [0.05, 0.1) is 0 Å². The number of rotatable bonds is 5. The van der Waals surface area contributed by atoms with Crippen LogP contribution in [0.25, 0.3) is 0 Å². The van der Waals surface area contributed by atoms with E-state index in [0.717, 1.165) is 6.42 Å². The van der Waals surface area contributed by atoms with Gasteiger partial charge >= 0.3 is 0 Å². The Hall–Kier alpha value is -1.08. The topological polar surface area (TPSA) is 12.0 Å². The van der Waals surface area contributed by atoms with Gasteiger partial charge in [-0.15, -0.1) is 6.58 Å². The molecule has 0 amide bonds. The molecule has 1 aromatic carbocycles. The molecule has 0 bridgehead atoms. The lowest BCUT2D eigenvalue weighted by atomic mass is 9.75. The second kappa shape index (κ2) is 5.31. The zero-order valence-corrected chi connectivity index (χ0v) is 10.9. The maximum atomic E-state index is 4.01. The summed E-state index contributed by atoms with van der Waals surface area (Å²) < 4.78 is 0. The van der Waals surface area contributed by atoms with E-state index in [-0.39, 0.29) is 5.41 Å². The Bertz CT molecular complexity index is 338. The van der Waals surface area contributed by atoms with E-state index in [2.05, 4.69) is 63.0 Å². The van der Waals surface area contributed by atoms with Crippen molar-refractivity contribution < 1.29 is 0 Å². The highest BCUT2D eigenvalue weighted by molar-refractivity contribution is 5.26. The third-order valence-corrected chi connectivity index (χ3v) is 3.29. The highest BCUT2D eigenvalue weighted by Gasteiger charge is 2.29. The third kappa shape index (κ3) is 2.96. The molecule has 1 unspecified atom stereocenters. The molecular weight excluding hydrogens is 194 g/mol. The molecule has 0 heterocycles. The number of hydrogen-bond donors (Lipinski definition) is 1. The van der Waals surface area contributed by atoms with Crippen LogP contribution < -0.4 is 5.32 Å². The van der Waals surface area contributed by atoms with Gasteiger partial charge in [0.2, 0.25) is 0 Å². The average Bonchev–Trinajstić information content (AvgIpc) is 2.26. The second-order valence-electron chi connectivity index (χ2n) is 5.09. The average molecular weight is 217 g/mol. The SMILES string of the molecule is C=C(C)CC(NC)C(C)(C)c1ccccc1. The van der Waals surface area contributed by atoms with E-state index in [9.17, 15) is 0 Å². The van der Waals surface area contributed by atoms with E-state index in [0.29, 0.717) is 6.04 Å². The summed E-state index contributed by atoms with van der Waals surface area (Å²) in [6.07, 6.45) is 1.01. The summed E-state index contributed by atoms with van der Waals surface area (Å²) in [5.74, 6) is 0. The maximum absolute atomic E-state index is 4.01. The van der Waals surface area contributed by atoms with Crippen LogP contribution in [0.2, 0.25) is 0 Å². The van der Waals surface area contributed by atoms with Gasteiger partial charge in [0.15, 0.2) is 0 Å². The molecule has 0 radical (unpaired) electrons. The molecule has 1 aromatic rings. The largest absolute Gasteiger partial charge is 0.316 e. The van der Waals surface area contributed by atoms with Crippen molar-refractivity contribution in [3.8, 4) is 0 Å². The zero-order chi connectivity index (χ0) is 12.2. The van der Waals surface area contributed by atoms with Gasteiger partial charge in [-0.2, -0.15) is 0 Å². The van der Waals surface area contributed by atoms with E-state index in [1.165, 1.54) is 11.1 Å². The van der Waals surface area contributed by atoms with Crippen LogP contribution in [0.3, 0.4) is 0 Å². The van der Waals surface area contributed by atoms with E-state index < -0.39 is 0 Å². The maximum Gasteiger partial charge on any atom is 0.0193 e. The van der Waals surface area contributed by atoms with Gasteiger partial charge in [0, 0.05) is 11.5 Å². The van der Waals surface area contributed by atoms with Gasteiger partial charge in [-0.25, -0.2) is 0 Å². The van der Waals surface area contributed by atoms with Gasteiger partial charge in [-0.05, 0) is 26.0 Å². The molecule has 1 N–H and O–H groups in total. The van der Waals surface area contributed by atoms with E-state index >= 15 is 0 Å². The normalized spacial score (nSPS) is 13.5. The van der Waals surface area contributed by atoms with E-state index in [1.54, 1.807) is 0 Å². The summed E-state index contributed by atoms with van der Waals surface area (Å²) in [5.41, 5.74) is 2.72. The smallest absolute Gasteiger partial charge is 0.0193 e. The monoisotopic (exact) mass is 217 g/mol. The summed E-state index contributed by atoms with van der Waals surface area (Å²) in [5, 5.41) is 3.41. The summed E-state index contributed by atoms with van der Waals surface area (Å²) in [6, 6.07) is 11.1. The molecule has 0 aliphatic carbocycles. The van der Waals surface area contributed by atoms with Crippen LogP contribution in [0.4, 0.5) is 0 Å². The molecule has 1 atom stereocenters. The Morgan fingerprint density at radius 3 is 2.31 bits per heavy atom. The lowest BCUT2D eigenvalue weighted by Gasteiger charge is -2.35. The lowest BCUT2D eigenvalue weighted by Crippen LogP contribution is -2.43. The summed E-state index contributed by atoms with van der Waals surface area (Å²) >= 11 is 0. The summed E-state index contributed by atoms with van der Waals surface area (Å²) in [4.78, 5) is 0. The van der Waals surface area contributed by atoms with Crippen molar-refractivity contribution >= 4 is 0 Å². The van der Waals surface area contributed by atoms with Crippen LogP contribution in [0.1, 0.15) is 32.8 Å². The van der Waals surface area contributed by atoms with Crippen LogP contribution >= 0.6 is 0 Å². The Morgan fingerprint density at radius 2 is 1.88 bits per heavy atom. The Morgan fingerprint density at radius 1 is 1.31 bits per heavy atom. The second-order valence-corrected chi connectivity index (χ2v) is 5.09. The minimum absolute atomic E-state index is 0.120. The fourth-order valence-corrected chi connectivity index (χ4v) is 2.14. The summed E-state index contributed by atoms with van der Waals surface area (Å²) in [7, 11) is 2.03. The van der Waals surface area contributed by atoms with Crippen LogP contribution in [0, 0.1) is 0 Å². The van der Waals surface area contributed by atoms with Crippen molar-refractivity contribution in [2.75, 3.05) is 7.05 Å². The predicted molar refractivity (Wildman–Crippen MR) is 71.7 cm³/mol. The van der Waals surface area contributed by atoms with Gasteiger partial charge < -0.3 is 5.32 Å². The number of nitrogens with one attached hydrogen (secondary N) is 1. The molecule has 1 nitrogen and oxygen atoms in total. The molecule has 1 rings (SSSR count). The standard InChI is InChI=1S/C15H23N/c1-12(2)11-14(16-5)15(3,4)13-9-7-6-8-10-13/h6-10,14,16H,1,11H2,2-5H3.